The Hall–Kier alpha value is -3.64. The van der Waals surface area contributed by atoms with Crippen LogP contribution in [0.4, 0.5) is 17.5 Å². The van der Waals surface area contributed by atoms with Crippen molar-refractivity contribution in [3.63, 3.8) is 0 Å². The van der Waals surface area contributed by atoms with Crippen LogP contribution in [0.3, 0.4) is 0 Å². The lowest BCUT2D eigenvalue weighted by Gasteiger charge is -2.31. The van der Waals surface area contributed by atoms with E-state index in [4.69, 9.17) is 21.6 Å². The molecule has 0 atom stereocenters. The summed E-state index contributed by atoms with van der Waals surface area (Å²) in [5.41, 5.74) is 2.55. The van der Waals surface area contributed by atoms with Gasteiger partial charge in [-0.25, -0.2) is 4.98 Å². The van der Waals surface area contributed by atoms with Gasteiger partial charge in [0.2, 0.25) is 5.95 Å². The van der Waals surface area contributed by atoms with Crippen molar-refractivity contribution in [2.24, 2.45) is 5.92 Å². The van der Waals surface area contributed by atoms with Crippen molar-refractivity contribution in [1.29, 1.82) is 0 Å². The lowest BCUT2D eigenvalue weighted by atomic mass is 9.85. The largest absolute Gasteiger partial charge is 0.351 e. The van der Waals surface area contributed by atoms with Crippen LogP contribution in [-0.2, 0) is 0 Å². The van der Waals surface area contributed by atoms with Crippen molar-refractivity contribution in [2.45, 2.75) is 31.7 Å². The van der Waals surface area contributed by atoms with E-state index in [0.29, 0.717) is 22.9 Å². The van der Waals surface area contributed by atoms with Crippen molar-refractivity contribution < 1.29 is 4.79 Å². The van der Waals surface area contributed by atoms with Gasteiger partial charge in [0.05, 0.1) is 5.52 Å². The maximum absolute atomic E-state index is 12.7. The lowest BCUT2D eigenvalue weighted by Crippen LogP contribution is -2.35. The van der Waals surface area contributed by atoms with Crippen molar-refractivity contribution in [1.82, 2.24) is 14.9 Å². The molecule has 0 unspecified atom stereocenters. The molecule has 2 N–H and O–H groups in total. The minimum Gasteiger partial charge on any atom is -0.351 e. The van der Waals surface area contributed by atoms with E-state index in [9.17, 15) is 4.79 Å². The second-order valence-electron chi connectivity index (χ2n) is 9.46. The number of halogens is 1. The molecule has 0 aliphatic heterocycles. The predicted octanol–water partition coefficient (Wildman–Crippen LogP) is 6.77. The first-order chi connectivity index (χ1) is 17.5. The molecule has 3 aromatic carbocycles. The van der Waals surface area contributed by atoms with E-state index in [2.05, 4.69) is 10.6 Å². The Morgan fingerprint density at radius 1 is 0.917 bits per heavy atom. The summed E-state index contributed by atoms with van der Waals surface area (Å²) >= 11 is 6.04. The second kappa shape index (κ2) is 11.0. The quantitative estimate of drug-likeness (QED) is 0.293. The molecular formula is C29H30ClN5O. The summed E-state index contributed by atoms with van der Waals surface area (Å²) in [5.74, 6) is 1.98. The van der Waals surface area contributed by atoms with E-state index in [1.165, 1.54) is 0 Å². The van der Waals surface area contributed by atoms with Crippen LogP contribution in [0.5, 0.6) is 0 Å². The third-order valence-electron chi connectivity index (χ3n) is 6.79. The fourth-order valence-corrected chi connectivity index (χ4v) is 4.98. The molecule has 1 aromatic heterocycles. The number of hydrogen-bond donors (Lipinski definition) is 2. The van der Waals surface area contributed by atoms with Gasteiger partial charge in [0.15, 0.2) is 0 Å². The minimum atomic E-state index is 0.0844. The summed E-state index contributed by atoms with van der Waals surface area (Å²) < 4.78 is 0. The van der Waals surface area contributed by atoms with Gasteiger partial charge in [-0.05, 0) is 80.1 Å². The molecule has 4 aromatic rings. The summed E-state index contributed by atoms with van der Waals surface area (Å²) in [7, 11) is 1.90. The number of para-hydroxylation sites is 1. The highest BCUT2D eigenvalue weighted by Gasteiger charge is 2.24. The standard InChI is InChI=1S/C29H30ClN5O/c1-35(28(36)21-7-3-2-4-8-21)19-20-11-15-24(16-12-20)32-29-33-26-10-6-5-9-25(26)27(34-29)31-23-17-13-22(30)14-18-23/h2-10,13-14,17-18,20,24H,11-12,15-16,19H2,1H3,(H2,31,32,33,34)/t20-,24-. The number of hydrogen-bond acceptors (Lipinski definition) is 5. The van der Waals surface area contributed by atoms with Crippen LogP contribution in [0.1, 0.15) is 36.0 Å². The predicted molar refractivity (Wildman–Crippen MR) is 147 cm³/mol. The van der Waals surface area contributed by atoms with E-state index < -0.39 is 0 Å². The first-order valence-electron chi connectivity index (χ1n) is 12.4. The van der Waals surface area contributed by atoms with Crippen LogP contribution in [-0.4, -0.2) is 40.4 Å². The number of anilines is 3. The summed E-state index contributed by atoms with van der Waals surface area (Å²) in [6.45, 7) is 0.780. The normalized spacial score (nSPS) is 17.5. The fraction of sp³-hybridized carbons (Fsp3) is 0.276. The number of amides is 1. The fourth-order valence-electron chi connectivity index (χ4n) is 4.85. The zero-order chi connectivity index (χ0) is 24.9. The molecule has 36 heavy (non-hydrogen) atoms. The molecule has 0 bridgehead atoms. The Balaban J connectivity index is 1.22. The van der Waals surface area contributed by atoms with Gasteiger partial charge in [0.25, 0.3) is 5.91 Å². The van der Waals surface area contributed by atoms with Crippen molar-refractivity contribution in [3.05, 3.63) is 89.4 Å². The topological polar surface area (TPSA) is 70.2 Å². The van der Waals surface area contributed by atoms with E-state index in [-0.39, 0.29) is 5.91 Å². The molecule has 6 nitrogen and oxygen atoms in total. The Morgan fingerprint density at radius 2 is 1.61 bits per heavy atom. The zero-order valence-electron chi connectivity index (χ0n) is 20.3. The van der Waals surface area contributed by atoms with Gasteiger partial charge in [-0.1, -0.05) is 41.9 Å². The molecule has 1 heterocycles. The van der Waals surface area contributed by atoms with E-state index in [1.807, 2.05) is 90.8 Å². The van der Waals surface area contributed by atoms with Gasteiger partial charge in [-0.3, -0.25) is 4.79 Å². The number of rotatable bonds is 7. The number of benzene rings is 3. The third kappa shape index (κ3) is 5.77. The average Bonchev–Trinajstić information content (AvgIpc) is 2.91. The van der Waals surface area contributed by atoms with Crippen LogP contribution in [0.25, 0.3) is 10.9 Å². The van der Waals surface area contributed by atoms with Crippen LogP contribution in [0.15, 0.2) is 78.9 Å². The molecule has 7 heteroatoms. The Bertz CT molecular complexity index is 1320. The molecule has 1 fully saturated rings. The van der Waals surface area contributed by atoms with Gasteiger partial charge in [0, 0.05) is 41.3 Å². The molecule has 1 saturated carbocycles. The number of fused-ring (bicyclic) bond motifs is 1. The van der Waals surface area contributed by atoms with Crippen LogP contribution >= 0.6 is 11.6 Å². The van der Waals surface area contributed by atoms with Crippen LogP contribution in [0.2, 0.25) is 5.02 Å². The zero-order valence-corrected chi connectivity index (χ0v) is 21.1. The molecule has 0 spiro atoms. The van der Waals surface area contributed by atoms with E-state index in [1.54, 1.807) is 0 Å². The molecule has 1 amide bonds. The van der Waals surface area contributed by atoms with E-state index in [0.717, 1.165) is 60.2 Å². The summed E-state index contributed by atoms with van der Waals surface area (Å²) in [6, 6.07) is 25.4. The summed E-state index contributed by atoms with van der Waals surface area (Å²) in [6.07, 6.45) is 4.17. The summed E-state index contributed by atoms with van der Waals surface area (Å²) in [4.78, 5) is 24.1. The average molecular weight is 500 g/mol. The van der Waals surface area contributed by atoms with Crippen LogP contribution in [0, 0.1) is 5.92 Å². The molecule has 184 valence electrons. The Morgan fingerprint density at radius 3 is 2.36 bits per heavy atom. The molecule has 1 aliphatic carbocycles. The monoisotopic (exact) mass is 499 g/mol. The third-order valence-corrected chi connectivity index (χ3v) is 7.04. The van der Waals surface area contributed by atoms with Crippen molar-refractivity contribution in [2.75, 3.05) is 24.2 Å². The number of carbonyl (C=O) groups excluding carboxylic acids is 1. The smallest absolute Gasteiger partial charge is 0.253 e. The highest BCUT2D eigenvalue weighted by atomic mass is 35.5. The van der Waals surface area contributed by atoms with Gasteiger partial charge in [0.1, 0.15) is 5.82 Å². The first-order valence-corrected chi connectivity index (χ1v) is 12.8. The molecule has 0 saturated heterocycles. The number of aromatic nitrogens is 2. The minimum absolute atomic E-state index is 0.0844. The Kier molecular flexibility index (Phi) is 7.33. The maximum Gasteiger partial charge on any atom is 0.253 e. The molecular weight excluding hydrogens is 470 g/mol. The number of nitrogens with one attached hydrogen (secondary N) is 2. The van der Waals surface area contributed by atoms with Crippen molar-refractivity contribution >= 4 is 45.9 Å². The molecule has 5 rings (SSSR count). The second-order valence-corrected chi connectivity index (χ2v) is 9.89. The number of carbonyl (C=O) groups is 1. The van der Waals surface area contributed by atoms with Gasteiger partial charge in [-0.15, -0.1) is 0 Å². The van der Waals surface area contributed by atoms with Crippen LogP contribution < -0.4 is 10.6 Å². The van der Waals surface area contributed by atoms with Gasteiger partial charge in [-0.2, -0.15) is 4.98 Å². The molecule has 1 aliphatic rings. The highest BCUT2D eigenvalue weighted by Crippen LogP contribution is 2.29. The maximum atomic E-state index is 12.7. The lowest BCUT2D eigenvalue weighted by molar-refractivity contribution is 0.0759. The van der Waals surface area contributed by atoms with Gasteiger partial charge < -0.3 is 15.5 Å². The van der Waals surface area contributed by atoms with Gasteiger partial charge >= 0.3 is 0 Å². The SMILES string of the molecule is CN(C[C@H]1CC[C@H](Nc2nc(Nc3ccc(Cl)cc3)c3ccccc3n2)CC1)C(=O)c1ccccc1. The van der Waals surface area contributed by atoms with E-state index >= 15 is 0 Å². The first kappa shape index (κ1) is 24.1. The molecule has 0 radical (unpaired) electrons. The van der Waals surface area contributed by atoms with Crippen molar-refractivity contribution in [3.8, 4) is 0 Å². The Labute approximate surface area is 216 Å². The summed E-state index contributed by atoms with van der Waals surface area (Å²) in [5, 5.41) is 8.65. The highest BCUT2D eigenvalue weighted by molar-refractivity contribution is 6.30. The number of nitrogens with zero attached hydrogens (tertiary/aromatic N) is 3.